The van der Waals surface area contributed by atoms with E-state index in [0.717, 1.165) is 5.56 Å². The number of ether oxygens (including phenoxy) is 1. The predicted octanol–water partition coefficient (Wildman–Crippen LogP) is 2.58. The molecule has 0 unspecified atom stereocenters. The maximum absolute atomic E-state index is 12.2. The molecule has 0 aromatic heterocycles. The Morgan fingerprint density at radius 3 is 2.70 bits per heavy atom. The molecule has 2 aromatic rings. The molecule has 0 bridgehead atoms. The van der Waals surface area contributed by atoms with Gasteiger partial charge in [0.25, 0.3) is 11.6 Å². The van der Waals surface area contributed by atoms with E-state index in [4.69, 9.17) is 4.74 Å². The maximum atomic E-state index is 12.2. The Labute approximate surface area is 133 Å². The summed E-state index contributed by atoms with van der Waals surface area (Å²) in [6.07, 6.45) is 0. The van der Waals surface area contributed by atoms with Crippen molar-refractivity contribution in [1.82, 2.24) is 5.32 Å². The van der Waals surface area contributed by atoms with E-state index in [1.54, 1.807) is 20.2 Å². The van der Waals surface area contributed by atoms with Crippen LogP contribution in [0.3, 0.4) is 0 Å². The van der Waals surface area contributed by atoms with Crippen LogP contribution in [0.25, 0.3) is 0 Å². The van der Waals surface area contributed by atoms with Gasteiger partial charge in [0.15, 0.2) is 0 Å². The highest BCUT2D eigenvalue weighted by Gasteiger charge is 2.16. The standard InChI is InChI=1S/C16H17N3O4/c1-17-14-7-6-12(9-15(14)19(21)22)16(20)18-10-11-4-3-5-13(8-11)23-2/h3-9,17H,10H2,1-2H3,(H,18,20). The molecule has 1 amide bonds. The first-order valence-corrected chi connectivity index (χ1v) is 6.92. The average Bonchev–Trinajstić information content (AvgIpc) is 2.59. The fourth-order valence-corrected chi connectivity index (χ4v) is 2.10. The fourth-order valence-electron chi connectivity index (χ4n) is 2.10. The maximum Gasteiger partial charge on any atom is 0.293 e. The van der Waals surface area contributed by atoms with Crippen LogP contribution in [0, 0.1) is 10.1 Å². The molecule has 0 aliphatic rings. The Morgan fingerprint density at radius 1 is 1.26 bits per heavy atom. The number of methoxy groups -OCH3 is 1. The number of carbonyl (C=O) groups is 1. The Hall–Kier alpha value is -3.09. The van der Waals surface area contributed by atoms with Gasteiger partial charge in [-0.05, 0) is 29.8 Å². The van der Waals surface area contributed by atoms with E-state index in [2.05, 4.69) is 10.6 Å². The van der Waals surface area contributed by atoms with Gasteiger partial charge in [-0.2, -0.15) is 0 Å². The molecule has 0 radical (unpaired) electrons. The van der Waals surface area contributed by atoms with Gasteiger partial charge in [0.2, 0.25) is 0 Å². The first kappa shape index (κ1) is 16.3. The molecule has 23 heavy (non-hydrogen) atoms. The van der Waals surface area contributed by atoms with Crippen molar-refractivity contribution < 1.29 is 14.5 Å². The molecule has 7 nitrogen and oxygen atoms in total. The van der Waals surface area contributed by atoms with Gasteiger partial charge in [0.05, 0.1) is 12.0 Å². The van der Waals surface area contributed by atoms with Gasteiger partial charge in [-0.25, -0.2) is 0 Å². The summed E-state index contributed by atoms with van der Waals surface area (Å²) in [5.74, 6) is 0.323. The Kier molecular flexibility index (Phi) is 5.14. The van der Waals surface area contributed by atoms with Crippen LogP contribution in [0.1, 0.15) is 15.9 Å². The summed E-state index contributed by atoms with van der Waals surface area (Å²) >= 11 is 0. The molecule has 0 aliphatic heterocycles. The number of nitrogens with one attached hydrogen (secondary N) is 2. The molecule has 0 saturated carbocycles. The van der Waals surface area contributed by atoms with Crippen LogP contribution in [-0.2, 0) is 6.54 Å². The van der Waals surface area contributed by atoms with E-state index in [1.165, 1.54) is 12.1 Å². The van der Waals surface area contributed by atoms with Crippen LogP contribution in [-0.4, -0.2) is 25.0 Å². The van der Waals surface area contributed by atoms with E-state index in [-0.39, 0.29) is 17.2 Å². The van der Waals surface area contributed by atoms with Crippen LogP contribution in [0.5, 0.6) is 5.75 Å². The monoisotopic (exact) mass is 315 g/mol. The molecule has 0 atom stereocenters. The molecule has 0 heterocycles. The second-order valence-corrected chi connectivity index (χ2v) is 4.77. The summed E-state index contributed by atoms with van der Waals surface area (Å²) in [4.78, 5) is 22.7. The highest BCUT2D eigenvalue weighted by Crippen LogP contribution is 2.25. The van der Waals surface area contributed by atoms with E-state index in [9.17, 15) is 14.9 Å². The number of amides is 1. The first-order valence-electron chi connectivity index (χ1n) is 6.92. The molecule has 120 valence electrons. The molecule has 0 saturated heterocycles. The zero-order valence-electron chi connectivity index (χ0n) is 12.8. The second-order valence-electron chi connectivity index (χ2n) is 4.77. The molecule has 2 N–H and O–H groups in total. The van der Waals surface area contributed by atoms with Crippen molar-refractivity contribution in [2.45, 2.75) is 6.54 Å². The quantitative estimate of drug-likeness (QED) is 0.631. The minimum atomic E-state index is -0.523. The SMILES string of the molecule is CNc1ccc(C(=O)NCc2cccc(OC)c2)cc1[N+](=O)[O-]. The summed E-state index contributed by atoms with van der Waals surface area (Å²) in [5.41, 5.74) is 1.33. The molecule has 7 heteroatoms. The minimum Gasteiger partial charge on any atom is -0.497 e. The highest BCUT2D eigenvalue weighted by atomic mass is 16.6. The number of hydrogen-bond donors (Lipinski definition) is 2. The van der Waals surface area contributed by atoms with Crippen LogP contribution >= 0.6 is 0 Å². The van der Waals surface area contributed by atoms with E-state index in [1.807, 2.05) is 24.3 Å². The lowest BCUT2D eigenvalue weighted by Gasteiger charge is -2.08. The van der Waals surface area contributed by atoms with Crippen LogP contribution in [0.15, 0.2) is 42.5 Å². The number of rotatable bonds is 6. The van der Waals surface area contributed by atoms with Gasteiger partial charge in [-0.3, -0.25) is 14.9 Å². The number of nitrogens with zero attached hydrogens (tertiary/aromatic N) is 1. The molecule has 2 aromatic carbocycles. The number of nitro benzene ring substituents is 1. The lowest BCUT2D eigenvalue weighted by atomic mass is 10.1. The third kappa shape index (κ3) is 3.97. The molecular weight excluding hydrogens is 298 g/mol. The third-order valence-electron chi connectivity index (χ3n) is 3.31. The normalized spacial score (nSPS) is 10.0. The van der Waals surface area contributed by atoms with Gasteiger partial charge < -0.3 is 15.4 Å². The fraction of sp³-hybridized carbons (Fsp3) is 0.188. The largest absolute Gasteiger partial charge is 0.497 e. The lowest BCUT2D eigenvalue weighted by molar-refractivity contribution is -0.384. The van der Waals surface area contributed by atoms with Gasteiger partial charge in [-0.15, -0.1) is 0 Å². The van der Waals surface area contributed by atoms with Gasteiger partial charge in [-0.1, -0.05) is 12.1 Å². The van der Waals surface area contributed by atoms with E-state index >= 15 is 0 Å². The number of anilines is 1. The van der Waals surface area contributed by atoms with Crippen molar-refractivity contribution in [3.63, 3.8) is 0 Å². The van der Waals surface area contributed by atoms with Crippen molar-refractivity contribution in [3.05, 3.63) is 63.7 Å². The highest BCUT2D eigenvalue weighted by molar-refractivity contribution is 5.95. The zero-order valence-corrected chi connectivity index (χ0v) is 12.8. The third-order valence-corrected chi connectivity index (χ3v) is 3.31. The van der Waals surface area contributed by atoms with Gasteiger partial charge >= 0.3 is 0 Å². The van der Waals surface area contributed by atoms with Crippen molar-refractivity contribution >= 4 is 17.3 Å². The Balaban J connectivity index is 2.11. The van der Waals surface area contributed by atoms with Crippen molar-refractivity contribution in [3.8, 4) is 5.75 Å². The second kappa shape index (κ2) is 7.26. The summed E-state index contributed by atoms with van der Waals surface area (Å²) in [5, 5.41) is 16.5. The van der Waals surface area contributed by atoms with Crippen molar-refractivity contribution in [2.24, 2.45) is 0 Å². The summed E-state index contributed by atoms with van der Waals surface area (Å²) in [6.45, 7) is 0.303. The molecule has 0 aliphatic carbocycles. The number of benzene rings is 2. The number of carbonyl (C=O) groups excluding carboxylic acids is 1. The zero-order chi connectivity index (χ0) is 16.8. The van der Waals surface area contributed by atoms with E-state index in [0.29, 0.717) is 18.0 Å². The average molecular weight is 315 g/mol. The summed E-state index contributed by atoms with van der Waals surface area (Å²) in [6, 6.07) is 11.6. The Morgan fingerprint density at radius 2 is 2.04 bits per heavy atom. The number of nitro groups is 1. The molecule has 0 fully saturated rings. The predicted molar refractivity (Wildman–Crippen MR) is 86.8 cm³/mol. The molecule has 2 rings (SSSR count). The smallest absolute Gasteiger partial charge is 0.293 e. The van der Waals surface area contributed by atoms with Crippen LogP contribution < -0.4 is 15.4 Å². The molecule has 0 spiro atoms. The van der Waals surface area contributed by atoms with Gasteiger partial charge in [0, 0.05) is 25.2 Å². The topological polar surface area (TPSA) is 93.5 Å². The number of hydrogen-bond acceptors (Lipinski definition) is 5. The van der Waals surface area contributed by atoms with Crippen LogP contribution in [0.2, 0.25) is 0 Å². The van der Waals surface area contributed by atoms with E-state index < -0.39 is 4.92 Å². The summed E-state index contributed by atoms with van der Waals surface area (Å²) in [7, 11) is 3.16. The molecular formula is C16H17N3O4. The van der Waals surface area contributed by atoms with Crippen molar-refractivity contribution in [1.29, 1.82) is 0 Å². The Bertz CT molecular complexity index is 731. The summed E-state index contributed by atoms with van der Waals surface area (Å²) < 4.78 is 5.12. The van der Waals surface area contributed by atoms with Gasteiger partial charge in [0.1, 0.15) is 11.4 Å². The minimum absolute atomic E-state index is 0.137. The van der Waals surface area contributed by atoms with Crippen LogP contribution in [0.4, 0.5) is 11.4 Å². The lowest BCUT2D eigenvalue weighted by Crippen LogP contribution is -2.22. The van der Waals surface area contributed by atoms with Crippen molar-refractivity contribution in [2.75, 3.05) is 19.5 Å². The first-order chi connectivity index (χ1) is 11.0.